The number of hydrogen-bond acceptors (Lipinski definition) is 3. The summed E-state index contributed by atoms with van der Waals surface area (Å²) in [6.45, 7) is 5.31. The Morgan fingerprint density at radius 3 is 3.07 bits per heavy atom. The Hall–Kier alpha value is -0.850. The van der Waals surface area contributed by atoms with Crippen LogP contribution in [0.25, 0.3) is 5.65 Å². The summed E-state index contributed by atoms with van der Waals surface area (Å²) in [6.07, 6.45) is 3.70. The lowest BCUT2D eigenvalue weighted by atomic mass is 10.2. The Morgan fingerprint density at radius 2 is 2.33 bits per heavy atom. The van der Waals surface area contributed by atoms with Crippen LogP contribution in [0.4, 0.5) is 5.69 Å². The summed E-state index contributed by atoms with van der Waals surface area (Å²) >= 11 is 2.19. The van der Waals surface area contributed by atoms with Crippen LogP contribution in [0.1, 0.15) is 13.8 Å². The Balaban J connectivity index is 2.33. The Kier molecular flexibility index (Phi) is 3.08. The molecule has 0 amide bonds. The van der Waals surface area contributed by atoms with Crippen LogP contribution >= 0.6 is 22.6 Å². The van der Waals surface area contributed by atoms with Crippen molar-refractivity contribution < 1.29 is 0 Å². The first-order valence-corrected chi connectivity index (χ1v) is 5.98. The molecule has 0 aromatic carbocycles. The van der Waals surface area contributed by atoms with Crippen molar-refractivity contribution in [2.45, 2.75) is 13.8 Å². The molecule has 0 aliphatic rings. The molecule has 5 heteroatoms. The molecular weight excluding hydrogens is 303 g/mol. The third-order valence-corrected chi connectivity index (χ3v) is 2.55. The molecule has 0 aliphatic carbocycles. The predicted octanol–water partition coefficient (Wildman–Crippen LogP) is 2.40. The monoisotopic (exact) mass is 316 g/mol. The van der Waals surface area contributed by atoms with E-state index in [1.54, 1.807) is 10.7 Å². The number of rotatable bonds is 3. The summed E-state index contributed by atoms with van der Waals surface area (Å²) in [4.78, 5) is 4.42. The van der Waals surface area contributed by atoms with Gasteiger partial charge in [-0.05, 0) is 34.6 Å². The summed E-state index contributed by atoms with van der Waals surface area (Å²) < 4.78 is 2.75. The number of fused-ring (bicyclic) bond motifs is 1. The zero-order valence-electron chi connectivity index (χ0n) is 8.74. The van der Waals surface area contributed by atoms with Crippen molar-refractivity contribution in [2.75, 3.05) is 11.9 Å². The lowest BCUT2D eigenvalue weighted by Gasteiger charge is -2.08. The number of hydrogen-bond donors (Lipinski definition) is 1. The number of nitrogens with zero attached hydrogens (tertiary/aromatic N) is 3. The normalized spacial score (nSPS) is 11.2. The molecule has 2 rings (SSSR count). The summed E-state index contributed by atoms with van der Waals surface area (Å²) in [5.74, 6) is 0.618. The highest BCUT2D eigenvalue weighted by atomic mass is 127. The Bertz CT molecular complexity index is 463. The van der Waals surface area contributed by atoms with E-state index in [0.29, 0.717) is 5.92 Å². The molecule has 1 N–H and O–H groups in total. The van der Waals surface area contributed by atoms with Gasteiger partial charge in [-0.15, -0.1) is 0 Å². The number of imidazole rings is 1. The standard InChI is InChI=1S/C10H13IN4/c1-7(2)5-12-8-3-4-13-15-6-9(11)14-10(8)15/h3-4,6-7,12H,5H2,1-2H3. The minimum Gasteiger partial charge on any atom is -0.382 e. The predicted molar refractivity (Wildman–Crippen MR) is 69.0 cm³/mol. The SMILES string of the molecule is CC(C)CNc1ccnn2cc(I)nc12. The van der Waals surface area contributed by atoms with Crippen molar-refractivity contribution in [1.82, 2.24) is 14.6 Å². The van der Waals surface area contributed by atoms with Crippen molar-refractivity contribution in [3.63, 3.8) is 0 Å². The third-order valence-electron chi connectivity index (χ3n) is 2.03. The van der Waals surface area contributed by atoms with Crippen LogP contribution in [0.3, 0.4) is 0 Å². The molecule has 2 aromatic heterocycles. The third kappa shape index (κ3) is 2.39. The van der Waals surface area contributed by atoms with E-state index < -0.39 is 0 Å². The highest BCUT2D eigenvalue weighted by molar-refractivity contribution is 14.1. The number of aromatic nitrogens is 3. The lowest BCUT2D eigenvalue weighted by molar-refractivity contribution is 0.688. The molecule has 0 radical (unpaired) electrons. The van der Waals surface area contributed by atoms with Gasteiger partial charge in [-0.1, -0.05) is 13.8 Å². The second-order valence-electron chi connectivity index (χ2n) is 3.85. The van der Waals surface area contributed by atoms with Gasteiger partial charge in [0.25, 0.3) is 0 Å². The van der Waals surface area contributed by atoms with Crippen LogP contribution in [0, 0.1) is 9.62 Å². The summed E-state index contributed by atoms with van der Waals surface area (Å²) in [5.41, 5.74) is 1.93. The van der Waals surface area contributed by atoms with Crippen LogP contribution in [0.15, 0.2) is 18.5 Å². The maximum atomic E-state index is 4.42. The molecule has 0 unspecified atom stereocenters. The van der Waals surface area contributed by atoms with Crippen LogP contribution in [-0.4, -0.2) is 21.1 Å². The van der Waals surface area contributed by atoms with Crippen LogP contribution in [0.5, 0.6) is 0 Å². The first kappa shape index (κ1) is 10.7. The van der Waals surface area contributed by atoms with Gasteiger partial charge in [-0.2, -0.15) is 5.10 Å². The van der Waals surface area contributed by atoms with Crippen molar-refractivity contribution in [3.05, 3.63) is 22.2 Å². The molecule has 2 aromatic rings. The topological polar surface area (TPSA) is 42.2 Å². The van der Waals surface area contributed by atoms with Gasteiger partial charge < -0.3 is 5.32 Å². The average Bonchev–Trinajstić information content (AvgIpc) is 2.55. The molecule has 80 valence electrons. The lowest BCUT2D eigenvalue weighted by Crippen LogP contribution is -2.09. The molecule has 0 atom stereocenters. The zero-order chi connectivity index (χ0) is 10.8. The average molecular weight is 316 g/mol. The maximum Gasteiger partial charge on any atom is 0.177 e. The number of anilines is 1. The molecule has 2 heterocycles. The van der Waals surface area contributed by atoms with Crippen LogP contribution < -0.4 is 5.32 Å². The first-order valence-electron chi connectivity index (χ1n) is 4.90. The molecule has 0 bridgehead atoms. The highest BCUT2D eigenvalue weighted by Crippen LogP contribution is 2.16. The highest BCUT2D eigenvalue weighted by Gasteiger charge is 2.05. The summed E-state index contributed by atoms with van der Waals surface area (Å²) in [7, 11) is 0. The number of halogens is 1. The molecule has 15 heavy (non-hydrogen) atoms. The first-order chi connectivity index (χ1) is 7.16. The van der Waals surface area contributed by atoms with Crippen LogP contribution in [0.2, 0.25) is 0 Å². The van der Waals surface area contributed by atoms with Gasteiger partial charge in [-0.3, -0.25) is 0 Å². The van der Waals surface area contributed by atoms with Crippen LogP contribution in [-0.2, 0) is 0 Å². The quantitative estimate of drug-likeness (QED) is 0.884. The maximum absolute atomic E-state index is 4.42. The van der Waals surface area contributed by atoms with E-state index in [9.17, 15) is 0 Å². The minimum atomic E-state index is 0.618. The van der Waals surface area contributed by atoms with Gasteiger partial charge in [0.15, 0.2) is 5.65 Å². The van der Waals surface area contributed by atoms with Crippen molar-refractivity contribution in [2.24, 2.45) is 5.92 Å². The molecule has 4 nitrogen and oxygen atoms in total. The van der Waals surface area contributed by atoms with E-state index in [-0.39, 0.29) is 0 Å². The summed E-state index contributed by atoms with van der Waals surface area (Å²) in [5, 5.41) is 7.57. The van der Waals surface area contributed by atoms with Gasteiger partial charge in [0.2, 0.25) is 0 Å². The van der Waals surface area contributed by atoms with Crippen molar-refractivity contribution in [1.29, 1.82) is 0 Å². The van der Waals surface area contributed by atoms with E-state index in [1.165, 1.54) is 0 Å². The van der Waals surface area contributed by atoms with E-state index >= 15 is 0 Å². The van der Waals surface area contributed by atoms with Crippen molar-refractivity contribution >= 4 is 33.9 Å². The fraction of sp³-hybridized carbons (Fsp3) is 0.400. The second-order valence-corrected chi connectivity index (χ2v) is 4.96. The molecular formula is C10H13IN4. The van der Waals surface area contributed by atoms with Gasteiger partial charge in [0, 0.05) is 6.54 Å². The molecule has 0 fully saturated rings. The molecule has 0 saturated heterocycles. The fourth-order valence-corrected chi connectivity index (χ4v) is 1.81. The second kappa shape index (κ2) is 4.34. The molecule has 0 spiro atoms. The van der Waals surface area contributed by atoms with Gasteiger partial charge >= 0.3 is 0 Å². The molecule has 0 saturated carbocycles. The van der Waals surface area contributed by atoms with Gasteiger partial charge in [0.05, 0.1) is 18.1 Å². The van der Waals surface area contributed by atoms with E-state index in [4.69, 9.17) is 0 Å². The number of nitrogens with one attached hydrogen (secondary N) is 1. The zero-order valence-corrected chi connectivity index (χ0v) is 10.9. The van der Waals surface area contributed by atoms with E-state index in [0.717, 1.165) is 21.6 Å². The van der Waals surface area contributed by atoms with E-state index in [2.05, 4.69) is 51.8 Å². The van der Waals surface area contributed by atoms with E-state index in [1.807, 2.05) is 12.3 Å². The molecule has 0 aliphatic heterocycles. The minimum absolute atomic E-state index is 0.618. The van der Waals surface area contributed by atoms with Gasteiger partial charge in [0.1, 0.15) is 3.70 Å². The Labute approximate surface area is 102 Å². The summed E-state index contributed by atoms with van der Waals surface area (Å²) in [6, 6.07) is 1.96. The Morgan fingerprint density at radius 1 is 1.53 bits per heavy atom. The van der Waals surface area contributed by atoms with Gasteiger partial charge in [-0.25, -0.2) is 9.50 Å². The van der Waals surface area contributed by atoms with Crippen molar-refractivity contribution in [3.8, 4) is 0 Å². The largest absolute Gasteiger partial charge is 0.382 e. The fourth-order valence-electron chi connectivity index (χ4n) is 1.32. The smallest absolute Gasteiger partial charge is 0.177 e.